The molecule has 0 atom stereocenters. The van der Waals surface area contributed by atoms with Crippen molar-refractivity contribution in [3.05, 3.63) is 69.9 Å². The summed E-state index contributed by atoms with van der Waals surface area (Å²) in [6, 6.07) is 13.0. The first-order valence-corrected chi connectivity index (χ1v) is 8.59. The molecular formula is C20H16ClNO3. The molecule has 1 heterocycles. The molecule has 4 rings (SSSR count). The monoisotopic (exact) mass is 353 g/mol. The summed E-state index contributed by atoms with van der Waals surface area (Å²) in [4.78, 5) is 27.5. The summed E-state index contributed by atoms with van der Waals surface area (Å²) in [5.74, 6) is -0.842. The van der Waals surface area contributed by atoms with Crippen LogP contribution in [-0.4, -0.2) is 23.3 Å². The lowest BCUT2D eigenvalue weighted by Gasteiger charge is -2.06. The summed E-state index contributed by atoms with van der Waals surface area (Å²) in [6.45, 7) is -0.302. The number of hydrogen-bond acceptors (Lipinski definition) is 3. The molecular weight excluding hydrogens is 338 g/mol. The van der Waals surface area contributed by atoms with E-state index in [2.05, 4.69) is 4.98 Å². The summed E-state index contributed by atoms with van der Waals surface area (Å²) >= 11 is 6.23. The molecule has 126 valence electrons. The van der Waals surface area contributed by atoms with Gasteiger partial charge in [-0.1, -0.05) is 41.9 Å². The van der Waals surface area contributed by atoms with E-state index in [-0.39, 0.29) is 18.1 Å². The Balaban J connectivity index is 1.47. The number of aryl methyl sites for hydroxylation is 2. The predicted octanol–water partition coefficient (Wildman–Crippen LogP) is 4.35. The van der Waals surface area contributed by atoms with Crippen molar-refractivity contribution < 1.29 is 14.3 Å². The maximum Gasteiger partial charge on any atom is 0.356 e. The minimum atomic E-state index is -0.629. The summed E-state index contributed by atoms with van der Waals surface area (Å²) in [7, 11) is 0. The molecule has 1 N–H and O–H groups in total. The Morgan fingerprint density at radius 2 is 1.88 bits per heavy atom. The third kappa shape index (κ3) is 2.94. The van der Waals surface area contributed by atoms with Crippen molar-refractivity contribution >= 4 is 34.3 Å². The molecule has 1 aliphatic rings. The van der Waals surface area contributed by atoms with Crippen LogP contribution in [0, 0.1) is 0 Å². The Morgan fingerprint density at radius 1 is 1.08 bits per heavy atom. The summed E-state index contributed by atoms with van der Waals surface area (Å²) in [6.07, 6.45) is 3.19. The molecule has 0 saturated carbocycles. The van der Waals surface area contributed by atoms with Gasteiger partial charge < -0.3 is 9.72 Å². The average molecular weight is 354 g/mol. The number of Topliss-reactive ketones (excluding diaryl/α,β-unsaturated/α-hetero) is 1. The second-order valence-corrected chi connectivity index (χ2v) is 6.57. The number of para-hydroxylation sites is 1. The Bertz CT molecular complexity index is 990. The zero-order valence-electron chi connectivity index (χ0n) is 13.5. The number of hydrogen-bond donors (Lipinski definition) is 1. The third-order valence-electron chi connectivity index (χ3n) is 4.60. The van der Waals surface area contributed by atoms with Gasteiger partial charge in [-0.2, -0.15) is 0 Å². The van der Waals surface area contributed by atoms with E-state index in [9.17, 15) is 9.59 Å². The highest BCUT2D eigenvalue weighted by atomic mass is 35.5. The minimum Gasteiger partial charge on any atom is -0.453 e. The number of esters is 1. The predicted molar refractivity (Wildman–Crippen MR) is 96.4 cm³/mol. The molecule has 25 heavy (non-hydrogen) atoms. The third-order valence-corrected chi connectivity index (χ3v) is 4.99. The average Bonchev–Trinajstić information content (AvgIpc) is 3.23. The summed E-state index contributed by atoms with van der Waals surface area (Å²) < 4.78 is 5.17. The number of benzene rings is 2. The van der Waals surface area contributed by atoms with Crippen LogP contribution in [0.3, 0.4) is 0 Å². The first-order chi connectivity index (χ1) is 12.1. The quantitative estimate of drug-likeness (QED) is 0.560. The zero-order valence-corrected chi connectivity index (χ0v) is 14.2. The van der Waals surface area contributed by atoms with E-state index >= 15 is 0 Å². The van der Waals surface area contributed by atoms with Crippen molar-refractivity contribution in [1.82, 2.24) is 4.98 Å². The zero-order chi connectivity index (χ0) is 17.4. The van der Waals surface area contributed by atoms with Gasteiger partial charge in [0.25, 0.3) is 0 Å². The Kier molecular flexibility index (Phi) is 4.06. The molecule has 1 aromatic heterocycles. The highest BCUT2D eigenvalue weighted by molar-refractivity contribution is 6.38. The van der Waals surface area contributed by atoms with Gasteiger partial charge in [0, 0.05) is 16.5 Å². The molecule has 5 heteroatoms. The van der Waals surface area contributed by atoms with Crippen LogP contribution >= 0.6 is 11.6 Å². The van der Waals surface area contributed by atoms with Crippen LogP contribution in [-0.2, 0) is 17.6 Å². The maximum atomic E-state index is 12.3. The molecule has 1 aliphatic carbocycles. The standard InChI is InChI=1S/C20H16ClNO3/c21-18-15-6-1-2-7-16(15)22-19(18)20(24)25-11-17(23)14-9-8-12-4-3-5-13(12)10-14/h1-2,6-10,22H,3-5,11H2. The molecule has 2 aromatic carbocycles. The number of carbonyl (C=O) groups is 2. The second-order valence-electron chi connectivity index (χ2n) is 6.20. The fraction of sp³-hybridized carbons (Fsp3) is 0.200. The van der Waals surface area contributed by atoms with Crippen LogP contribution < -0.4 is 0 Å². The summed E-state index contributed by atoms with van der Waals surface area (Å²) in [5.41, 5.74) is 4.03. The number of rotatable bonds is 4. The molecule has 0 amide bonds. The van der Waals surface area contributed by atoms with Crippen LogP contribution in [0.2, 0.25) is 5.02 Å². The van der Waals surface area contributed by atoms with Gasteiger partial charge in [0.15, 0.2) is 12.4 Å². The van der Waals surface area contributed by atoms with Gasteiger partial charge in [-0.05, 0) is 42.5 Å². The van der Waals surface area contributed by atoms with Crippen LogP contribution in [0.15, 0.2) is 42.5 Å². The topological polar surface area (TPSA) is 59.2 Å². The molecule has 0 fully saturated rings. The van der Waals surface area contributed by atoms with Gasteiger partial charge in [-0.15, -0.1) is 0 Å². The number of carbonyl (C=O) groups excluding carboxylic acids is 2. The van der Waals surface area contributed by atoms with Crippen molar-refractivity contribution in [2.24, 2.45) is 0 Å². The molecule has 0 radical (unpaired) electrons. The van der Waals surface area contributed by atoms with Gasteiger partial charge >= 0.3 is 5.97 Å². The van der Waals surface area contributed by atoms with Crippen molar-refractivity contribution in [3.63, 3.8) is 0 Å². The molecule has 0 bridgehead atoms. The first-order valence-electron chi connectivity index (χ1n) is 8.22. The SMILES string of the molecule is O=C(COC(=O)c1[nH]c2ccccc2c1Cl)c1ccc2c(c1)CCC2. The van der Waals surface area contributed by atoms with Crippen molar-refractivity contribution in [3.8, 4) is 0 Å². The molecule has 0 saturated heterocycles. The number of aromatic amines is 1. The van der Waals surface area contributed by atoms with E-state index in [1.807, 2.05) is 36.4 Å². The van der Waals surface area contributed by atoms with Crippen molar-refractivity contribution in [2.75, 3.05) is 6.61 Å². The highest BCUT2D eigenvalue weighted by Crippen LogP contribution is 2.28. The first kappa shape index (κ1) is 15.9. The number of nitrogens with one attached hydrogen (secondary N) is 1. The van der Waals surface area contributed by atoms with Crippen LogP contribution in [0.1, 0.15) is 38.4 Å². The Morgan fingerprint density at radius 3 is 2.72 bits per heavy atom. The summed E-state index contributed by atoms with van der Waals surface area (Å²) in [5, 5.41) is 1.06. The lowest BCUT2D eigenvalue weighted by atomic mass is 10.0. The fourth-order valence-electron chi connectivity index (χ4n) is 3.28. The van der Waals surface area contributed by atoms with Gasteiger partial charge in [0.05, 0.1) is 5.02 Å². The fourth-order valence-corrected chi connectivity index (χ4v) is 3.57. The van der Waals surface area contributed by atoms with Crippen molar-refractivity contribution in [2.45, 2.75) is 19.3 Å². The van der Waals surface area contributed by atoms with Gasteiger partial charge in [-0.3, -0.25) is 4.79 Å². The van der Waals surface area contributed by atoms with E-state index in [0.717, 1.165) is 30.2 Å². The molecule has 0 unspecified atom stereocenters. The van der Waals surface area contributed by atoms with Crippen LogP contribution in [0.5, 0.6) is 0 Å². The normalized spacial score (nSPS) is 13.0. The van der Waals surface area contributed by atoms with E-state index < -0.39 is 5.97 Å². The highest BCUT2D eigenvalue weighted by Gasteiger charge is 2.20. The van der Waals surface area contributed by atoms with E-state index in [0.29, 0.717) is 10.6 Å². The molecule has 4 nitrogen and oxygen atoms in total. The number of fused-ring (bicyclic) bond motifs is 2. The Hall–Kier alpha value is -2.59. The van der Waals surface area contributed by atoms with Crippen LogP contribution in [0.25, 0.3) is 10.9 Å². The minimum absolute atomic E-state index is 0.171. The smallest absolute Gasteiger partial charge is 0.356 e. The number of aromatic nitrogens is 1. The molecule has 3 aromatic rings. The van der Waals surface area contributed by atoms with Crippen molar-refractivity contribution in [1.29, 1.82) is 0 Å². The molecule has 0 spiro atoms. The van der Waals surface area contributed by atoms with Gasteiger partial charge in [-0.25, -0.2) is 4.79 Å². The lowest BCUT2D eigenvalue weighted by Crippen LogP contribution is -2.15. The number of ketones is 1. The van der Waals surface area contributed by atoms with Gasteiger partial charge in [0.1, 0.15) is 5.69 Å². The van der Waals surface area contributed by atoms with Gasteiger partial charge in [0.2, 0.25) is 0 Å². The largest absolute Gasteiger partial charge is 0.453 e. The number of H-pyrrole nitrogens is 1. The van der Waals surface area contributed by atoms with E-state index in [1.54, 1.807) is 6.07 Å². The lowest BCUT2D eigenvalue weighted by molar-refractivity contribution is 0.0470. The maximum absolute atomic E-state index is 12.3. The second kappa shape index (κ2) is 6.37. The number of ether oxygens (including phenoxy) is 1. The Labute approximate surface area is 149 Å². The molecule has 0 aliphatic heterocycles. The van der Waals surface area contributed by atoms with E-state index in [1.165, 1.54) is 11.1 Å². The van der Waals surface area contributed by atoms with Crippen LogP contribution in [0.4, 0.5) is 0 Å². The van der Waals surface area contributed by atoms with E-state index in [4.69, 9.17) is 16.3 Å². The number of halogens is 1.